The summed E-state index contributed by atoms with van der Waals surface area (Å²) in [4.78, 5) is 13.1. The Hall–Kier alpha value is -1.25. The van der Waals surface area contributed by atoms with Crippen LogP contribution in [0, 0.1) is 0 Å². The first-order chi connectivity index (χ1) is 15.1. The maximum atomic E-state index is 13.1. The normalized spacial score (nSPS) is 15.7. The minimum absolute atomic E-state index is 0.0958. The molecular formula is C22H19BrCl3F3N2O. The van der Waals surface area contributed by atoms with E-state index in [0.717, 1.165) is 25.3 Å². The number of nitrogens with zero attached hydrogens (tertiary/aromatic N) is 1. The number of nitrogens with one attached hydrogen (secondary N) is 1. The van der Waals surface area contributed by atoms with Crippen LogP contribution in [-0.4, -0.2) is 30.2 Å². The highest BCUT2D eigenvalue weighted by Gasteiger charge is 2.28. The number of alkyl halides is 3. The fourth-order valence-corrected chi connectivity index (χ4v) is 4.67. The molecule has 0 unspecified atom stereocenters. The van der Waals surface area contributed by atoms with E-state index in [0.29, 0.717) is 28.7 Å². The van der Waals surface area contributed by atoms with Crippen molar-refractivity contribution in [2.75, 3.05) is 13.1 Å². The lowest BCUT2D eigenvalue weighted by Gasteiger charge is -2.27. The molecule has 10 heteroatoms. The number of carbonyl (C=O) groups is 1. The van der Waals surface area contributed by atoms with Gasteiger partial charge in [0.1, 0.15) is 0 Å². The standard InChI is InChI=1S/C22H19BrCl3F3N2O/c23-16-6-4-5-15(21(32)30-31-9-2-1-3-10-31)19(16)14(7-8-22(27,28)29)13-11-17(24)20(26)18(25)12-13/h4-7,11-12H,1-3,8-10H2,(H,30,32). The molecule has 0 radical (unpaired) electrons. The highest BCUT2D eigenvalue weighted by atomic mass is 79.9. The molecule has 1 aliphatic rings. The predicted molar refractivity (Wildman–Crippen MR) is 126 cm³/mol. The zero-order valence-electron chi connectivity index (χ0n) is 16.7. The van der Waals surface area contributed by atoms with Gasteiger partial charge in [-0.2, -0.15) is 13.2 Å². The number of rotatable bonds is 5. The summed E-state index contributed by atoms with van der Waals surface area (Å²) in [6, 6.07) is 7.75. The van der Waals surface area contributed by atoms with Crippen LogP contribution in [-0.2, 0) is 0 Å². The second-order valence-electron chi connectivity index (χ2n) is 7.34. The van der Waals surface area contributed by atoms with Crippen molar-refractivity contribution in [3.8, 4) is 0 Å². The summed E-state index contributed by atoms with van der Waals surface area (Å²) < 4.78 is 39.8. The molecular weight excluding hydrogens is 552 g/mol. The van der Waals surface area contributed by atoms with Crippen molar-refractivity contribution in [3.63, 3.8) is 0 Å². The molecule has 172 valence electrons. The third kappa shape index (κ3) is 6.41. The van der Waals surface area contributed by atoms with E-state index in [2.05, 4.69) is 21.4 Å². The third-order valence-electron chi connectivity index (χ3n) is 4.98. The fourth-order valence-electron chi connectivity index (χ4n) is 3.49. The quantitative estimate of drug-likeness (QED) is 0.371. The Morgan fingerprint density at radius 3 is 2.31 bits per heavy atom. The van der Waals surface area contributed by atoms with Crippen LogP contribution in [0.5, 0.6) is 0 Å². The second-order valence-corrected chi connectivity index (χ2v) is 9.39. The van der Waals surface area contributed by atoms with Gasteiger partial charge in [-0.15, -0.1) is 0 Å². The Morgan fingerprint density at radius 2 is 1.72 bits per heavy atom. The highest BCUT2D eigenvalue weighted by Crippen LogP contribution is 2.39. The first-order valence-electron chi connectivity index (χ1n) is 9.83. The van der Waals surface area contributed by atoms with Crippen LogP contribution in [0.1, 0.15) is 47.2 Å². The fraction of sp³-hybridized carbons (Fsp3) is 0.318. The molecule has 2 aromatic rings. The summed E-state index contributed by atoms with van der Waals surface area (Å²) in [7, 11) is 0. The minimum atomic E-state index is -4.44. The molecule has 1 fully saturated rings. The zero-order chi connectivity index (χ0) is 23.5. The van der Waals surface area contributed by atoms with Gasteiger partial charge in [0.15, 0.2) is 0 Å². The van der Waals surface area contributed by atoms with Crippen molar-refractivity contribution < 1.29 is 18.0 Å². The smallest absolute Gasteiger partial charge is 0.285 e. The van der Waals surface area contributed by atoms with Gasteiger partial charge >= 0.3 is 6.18 Å². The lowest BCUT2D eigenvalue weighted by atomic mass is 9.92. The number of piperidine rings is 1. The Bertz CT molecular complexity index is 1010. The lowest BCUT2D eigenvalue weighted by molar-refractivity contribution is -0.124. The summed E-state index contributed by atoms with van der Waals surface area (Å²) in [5.74, 6) is -0.410. The SMILES string of the molecule is O=C(NN1CCCCC1)c1cccc(Br)c1C(=CCC(F)(F)F)c1cc(Cl)c(Cl)c(Cl)c1. The largest absolute Gasteiger partial charge is 0.392 e. The Balaban J connectivity index is 2.11. The molecule has 0 aromatic heterocycles. The second kappa shape index (κ2) is 10.8. The average Bonchev–Trinajstić information content (AvgIpc) is 2.72. The number of hydrogen-bond donors (Lipinski definition) is 1. The number of amides is 1. The average molecular weight is 571 g/mol. The van der Waals surface area contributed by atoms with Crippen LogP contribution >= 0.6 is 50.7 Å². The predicted octanol–water partition coefficient (Wildman–Crippen LogP) is 7.92. The van der Waals surface area contributed by atoms with Crippen molar-refractivity contribution in [2.24, 2.45) is 0 Å². The van der Waals surface area contributed by atoms with E-state index in [1.165, 1.54) is 12.1 Å². The number of halogens is 7. The number of hydrazine groups is 1. The molecule has 2 aromatic carbocycles. The van der Waals surface area contributed by atoms with Crippen molar-refractivity contribution >= 4 is 62.2 Å². The number of allylic oxidation sites excluding steroid dienone is 1. The van der Waals surface area contributed by atoms with Crippen LogP contribution in [0.4, 0.5) is 13.2 Å². The van der Waals surface area contributed by atoms with Gasteiger partial charge in [0.05, 0.1) is 21.5 Å². The van der Waals surface area contributed by atoms with Crippen molar-refractivity contribution in [1.29, 1.82) is 0 Å². The van der Waals surface area contributed by atoms with Crippen LogP contribution < -0.4 is 5.43 Å². The van der Waals surface area contributed by atoms with Gasteiger partial charge in [-0.3, -0.25) is 10.2 Å². The summed E-state index contributed by atoms with van der Waals surface area (Å²) in [6.45, 7) is 1.43. The Labute approximate surface area is 207 Å². The van der Waals surface area contributed by atoms with Crippen LogP contribution in [0.25, 0.3) is 5.57 Å². The van der Waals surface area contributed by atoms with Crippen LogP contribution in [0.15, 0.2) is 40.9 Å². The van der Waals surface area contributed by atoms with Crippen LogP contribution in [0.2, 0.25) is 15.1 Å². The number of hydrogen-bond acceptors (Lipinski definition) is 2. The summed E-state index contributed by atoms with van der Waals surface area (Å²) in [6.07, 6.45) is -1.60. The van der Waals surface area contributed by atoms with E-state index >= 15 is 0 Å². The monoisotopic (exact) mass is 568 g/mol. The molecule has 0 atom stereocenters. The summed E-state index contributed by atoms with van der Waals surface area (Å²) in [5.41, 5.74) is 3.87. The first-order valence-corrected chi connectivity index (χ1v) is 11.8. The lowest BCUT2D eigenvalue weighted by Crippen LogP contribution is -2.45. The van der Waals surface area contributed by atoms with E-state index < -0.39 is 18.5 Å². The molecule has 1 aliphatic heterocycles. The molecule has 0 saturated carbocycles. The van der Waals surface area contributed by atoms with E-state index in [1.54, 1.807) is 18.2 Å². The highest BCUT2D eigenvalue weighted by molar-refractivity contribution is 9.10. The zero-order valence-corrected chi connectivity index (χ0v) is 20.6. The molecule has 3 nitrogen and oxygen atoms in total. The van der Waals surface area contributed by atoms with Gasteiger partial charge in [-0.25, -0.2) is 5.01 Å². The Kier molecular flexibility index (Phi) is 8.55. The molecule has 1 amide bonds. The van der Waals surface area contributed by atoms with E-state index in [9.17, 15) is 18.0 Å². The maximum Gasteiger partial charge on any atom is 0.392 e. The van der Waals surface area contributed by atoms with Gasteiger partial charge < -0.3 is 0 Å². The molecule has 32 heavy (non-hydrogen) atoms. The van der Waals surface area contributed by atoms with Gasteiger partial charge in [-0.05, 0) is 48.2 Å². The minimum Gasteiger partial charge on any atom is -0.285 e. The van der Waals surface area contributed by atoms with Crippen LogP contribution in [0.3, 0.4) is 0 Å². The van der Waals surface area contributed by atoms with E-state index in [1.807, 2.05) is 5.01 Å². The molecule has 1 heterocycles. The molecule has 3 rings (SSSR count). The van der Waals surface area contributed by atoms with Gasteiger partial charge in [0.25, 0.3) is 5.91 Å². The topological polar surface area (TPSA) is 32.3 Å². The van der Waals surface area contributed by atoms with Gasteiger partial charge in [-0.1, -0.05) is 69.3 Å². The van der Waals surface area contributed by atoms with Crippen molar-refractivity contribution in [3.05, 3.63) is 72.6 Å². The van der Waals surface area contributed by atoms with Crippen molar-refractivity contribution in [1.82, 2.24) is 10.4 Å². The summed E-state index contributed by atoms with van der Waals surface area (Å²) >= 11 is 21.7. The van der Waals surface area contributed by atoms with Gasteiger partial charge in [0, 0.05) is 28.7 Å². The number of carbonyl (C=O) groups excluding carboxylic acids is 1. The molecule has 0 bridgehead atoms. The van der Waals surface area contributed by atoms with Gasteiger partial charge in [0.2, 0.25) is 0 Å². The molecule has 0 spiro atoms. The van der Waals surface area contributed by atoms with Crippen molar-refractivity contribution in [2.45, 2.75) is 31.9 Å². The molecule has 1 saturated heterocycles. The first kappa shape index (κ1) is 25.4. The third-order valence-corrected chi connectivity index (χ3v) is 6.83. The van der Waals surface area contributed by atoms with E-state index in [-0.39, 0.29) is 26.2 Å². The Morgan fingerprint density at radius 1 is 1.09 bits per heavy atom. The molecule has 0 aliphatic carbocycles. The molecule has 1 N–H and O–H groups in total. The number of benzene rings is 2. The summed E-state index contributed by atoms with van der Waals surface area (Å²) in [5, 5.41) is 2.12. The van der Waals surface area contributed by atoms with E-state index in [4.69, 9.17) is 34.8 Å². The maximum absolute atomic E-state index is 13.1.